The topological polar surface area (TPSA) is 56.2 Å². The third-order valence-electron chi connectivity index (χ3n) is 2.18. The summed E-state index contributed by atoms with van der Waals surface area (Å²) in [5.41, 5.74) is 0. The summed E-state index contributed by atoms with van der Waals surface area (Å²) in [5, 5.41) is 7.26. The molecule has 16 heavy (non-hydrogen) atoms. The standard InChI is InChI=1S/C10H16IN3O2/c1-3-12-9(10(15)16-2)4-5-14-7-8(11)6-13-14/h6-7,9,12H,3-5H2,1-2H3. The van der Waals surface area contributed by atoms with Gasteiger partial charge in [0.1, 0.15) is 6.04 Å². The van der Waals surface area contributed by atoms with Gasteiger partial charge in [-0.15, -0.1) is 0 Å². The lowest BCUT2D eigenvalue weighted by Gasteiger charge is -2.14. The molecule has 1 rings (SSSR count). The molecule has 1 N–H and O–H groups in total. The molecule has 0 aliphatic carbocycles. The fourth-order valence-corrected chi connectivity index (χ4v) is 1.86. The minimum atomic E-state index is -0.253. The first-order valence-corrected chi connectivity index (χ1v) is 6.24. The molecule has 0 saturated carbocycles. The zero-order valence-corrected chi connectivity index (χ0v) is 11.6. The van der Waals surface area contributed by atoms with E-state index < -0.39 is 0 Å². The Kier molecular flexibility index (Phi) is 5.75. The molecule has 0 aromatic carbocycles. The van der Waals surface area contributed by atoms with Crippen LogP contribution in [0.25, 0.3) is 0 Å². The molecule has 0 radical (unpaired) electrons. The van der Waals surface area contributed by atoms with Gasteiger partial charge in [-0.25, -0.2) is 0 Å². The summed E-state index contributed by atoms with van der Waals surface area (Å²) in [6.45, 7) is 3.42. The predicted molar refractivity (Wildman–Crippen MR) is 69.0 cm³/mol. The molecule has 5 nitrogen and oxygen atoms in total. The van der Waals surface area contributed by atoms with E-state index in [4.69, 9.17) is 4.74 Å². The van der Waals surface area contributed by atoms with Crippen LogP contribution in [0.5, 0.6) is 0 Å². The molecule has 0 spiro atoms. The van der Waals surface area contributed by atoms with E-state index in [-0.39, 0.29) is 12.0 Å². The van der Waals surface area contributed by atoms with Crippen molar-refractivity contribution >= 4 is 28.6 Å². The maximum absolute atomic E-state index is 11.4. The third-order valence-corrected chi connectivity index (χ3v) is 2.74. The highest BCUT2D eigenvalue weighted by Gasteiger charge is 2.17. The molecule has 1 aromatic heterocycles. The molecule has 0 aliphatic rings. The van der Waals surface area contributed by atoms with Gasteiger partial charge < -0.3 is 10.1 Å². The number of halogens is 1. The summed E-state index contributed by atoms with van der Waals surface area (Å²) in [6.07, 6.45) is 4.42. The van der Waals surface area contributed by atoms with Gasteiger partial charge in [0.15, 0.2) is 0 Å². The van der Waals surface area contributed by atoms with Gasteiger partial charge in [-0.1, -0.05) is 6.92 Å². The van der Waals surface area contributed by atoms with E-state index in [1.807, 2.05) is 17.8 Å². The normalized spacial score (nSPS) is 12.4. The maximum Gasteiger partial charge on any atom is 0.322 e. The molecule has 1 atom stereocenters. The first-order valence-electron chi connectivity index (χ1n) is 5.16. The van der Waals surface area contributed by atoms with E-state index in [0.29, 0.717) is 13.0 Å². The predicted octanol–water partition coefficient (Wildman–Crippen LogP) is 1.03. The van der Waals surface area contributed by atoms with Gasteiger partial charge >= 0.3 is 5.97 Å². The molecule has 0 fully saturated rings. The average Bonchev–Trinajstić information content (AvgIpc) is 2.69. The van der Waals surface area contributed by atoms with Crippen molar-refractivity contribution in [1.82, 2.24) is 15.1 Å². The number of hydrogen-bond acceptors (Lipinski definition) is 4. The van der Waals surface area contributed by atoms with Crippen LogP contribution < -0.4 is 5.32 Å². The molecule has 6 heteroatoms. The van der Waals surface area contributed by atoms with E-state index >= 15 is 0 Å². The highest BCUT2D eigenvalue weighted by atomic mass is 127. The Morgan fingerprint density at radius 2 is 2.50 bits per heavy atom. The molecule has 0 aliphatic heterocycles. The number of nitrogens with one attached hydrogen (secondary N) is 1. The van der Waals surface area contributed by atoms with E-state index in [9.17, 15) is 4.79 Å². The summed E-state index contributed by atoms with van der Waals surface area (Å²) in [6, 6.07) is -0.253. The van der Waals surface area contributed by atoms with Crippen molar-refractivity contribution in [2.75, 3.05) is 13.7 Å². The second-order valence-corrected chi connectivity index (χ2v) is 4.59. The Morgan fingerprint density at radius 1 is 1.75 bits per heavy atom. The number of hydrogen-bond donors (Lipinski definition) is 1. The highest BCUT2D eigenvalue weighted by Crippen LogP contribution is 2.03. The summed E-state index contributed by atoms with van der Waals surface area (Å²) in [4.78, 5) is 11.4. The Labute approximate surface area is 109 Å². The third kappa shape index (κ3) is 4.09. The molecular weight excluding hydrogens is 321 g/mol. The number of esters is 1. The fourth-order valence-electron chi connectivity index (χ4n) is 1.41. The zero-order valence-electron chi connectivity index (χ0n) is 9.44. The number of likely N-dealkylation sites (N-methyl/N-ethyl adjacent to an activating group) is 1. The maximum atomic E-state index is 11.4. The number of aromatic nitrogens is 2. The monoisotopic (exact) mass is 337 g/mol. The molecule has 90 valence electrons. The first-order chi connectivity index (χ1) is 7.67. The van der Waals surface area contributed by atoms with Crippen LogP contribution >= 0.6 is 22.6 Å². The van der Waals surface area contributed by atoms with Crippen LogP contribution in [0, 0.1) is 3.57 Å². The van der Waals surface area contributed by atoms with Crippen LogP contribution in [-0.2, 0) is 16.1 Å². The van der Waals surface area contributed by atoms with Crippen molar-refractivity contribution < 1.29 is 9.53 Å². The number of methoxy groups -OCH3 is 1. The van der Waals surface area contributed by atoms with Crippen molar-refractivity contribution in [3.8, 4) is 0 Å². The van der Waals surface area contributed by atoms with Gasteiger partial charge in [-0.3, -0.25) is 9.48 Å². The van der Waals surface area contributed by atoms with Crippen LogP contribution in [0.3, 0.4) is 0 Å². The SMILES string of the molecule is CCNC(CCn1cc(I)cn1)C(=O)OC. The number of carbonyl (C=O) groups is 1. The number of ether oxygens (including phenoxy) is 1. The molecule has 0 bridgehead atoms. The van der Waals surface area contributed by atoms with E-state index in [1.165, 1.54) is 7.11 Å². The Hall–Kier alpha value is -0.630. The quantitative estimate of drug-likeness (QED) is 0.622. The number of nitrogens with zero attached hydrogens (tertiary/aromatic N) is 2. The molecular formula is C10H16IN3O2. The van der Waals surface area contributed by atoms with E-state index in [1.54, 1.807) is 6.20 Å². The fraction of sp³-hybridized carbons (Fsp3) is 0.600. The van der Waals surface area contributed by atoms with Crippen LogP contribution in [0.2, 0.25) is 0 Å². The Bertz CT molecular complexity index is 341. The van der Waals surface area contributed by atoms with Crippen molar-refractivity contribution in [2.45, 2.75) is 25.9 Å². The molecule has 0 saturated heterocycles. The lowest BCUT2D eigenvalue weighted by atomic mass is 10.2. The second-order valence-electron chi connectivity index (χ2n) is 3.34. The smallest absolute Gasteiger partial charge is 0.322 e. The highest BCUT2D eigenvalue weighted by molar-refractivity contribution is 14.1. The van der Waals surface area contributed by atoms with Gasteiger partial charge in [-0.05, 0) is 35.6 Å². The minimum absolute atomic E-state index is 0.219. The van der Waals surface area contributed by atoms with Gasteiger partial charge in [0.2, 0.25) is 0 Å². The van der Waals surface area contributed by atoms with Crippen LogP contribution in [0.15, 0.2) is 12.4 Å². The average molecular weight is 337 g/mol. The van der Waals surface area contributed by atoms with Gasteiger partial charge in [0, 0.05) is 12.7 Å². The second kappa shape index (κ2) is 6.85. The Morgan fingerprint density at radius 3 is 3.00 bits per heavy atom. The summed E-state index contributed by atoms with van der Waals surface area (Å²) >= 11 is 2.20. The van der Waals surface area contributed by atoms with Crippen molar-refractivity contribution in [3.63, 3.8) is 0 Å². The van der Waals surface area contributed by atoms with Gasteiger partial charge in [0.05, 0.1) is 16.9 Å². The van der Waals surface area contributed by atoms with Crippen molar-refractivity contribution in [3.05, 3.63) is 16.0 Å². The number of carbonyl (C=O) groups excluding carboxylic acids is 1. The lowest BCUT2D eigenvalue weighted by Crippen LogP contribution is -2.38. The summed E-state index contributed by atoms with van der Waals surface area (Å²) in [7, 11) is 1.41. The summed E-state index contributed by atoms with van der Waals surface area (Å²) < 4.78 is 7.65. The molecule has 0 amide bonds. The van der Waals surface area contributed by atoms with E-state index in [0.717, 1.165) is 10.1 Å². The van der Waals surface area contributed by atoms with Crippen molar-refractivity contribution in [2.24, 2.45) is 0 Å². The van der Waals surface area contributed by atoms with Crippen LogP contribution in [-0.4, -0.2) is 35.4 Å². The molecule has 1 aromatic rings. The van der Waals surface area contributed by atoms with Crippen LogP contribution in [0.4, 0.5) is 0 Å². The van der Waals surface area contributed by atoms with E-state index in [2.05, 4.69) is 33.0 Å². The minimum Gasteiger partial charge on any atom is -0.468 e. The molecule has 1 heterocycles. The number of aryl methyl sites for hydroxylation is 1. The number of rotatable bonds is 6. The molecule has 1 unspecified atom stereocenters. The summed E-state index contributed by atoms with van der Waals surface area (Å²) in [5.74, 6) is -0.219. The first kappa shape index (κ1) is 13.4. The van der Waals surface area contributed by atoms with Gasteiger partial charge in [-0.2, -0.15) is 5.10 Å². The lowest BCUT2D eigenvalue weighted by molar-refractivity contribution is -0.143. The Balaban J connectivity index is 2.46. The van der Waals surface area contributed by atoms with Crippen LogP contribution in [0.1, 0.15) is 13.3 Å². The largest absolute Gasteiger partial charge is 0.468 e. The zero-order chi connectivity index (χ0) is 12.0. The van der Waals surface area contributed by atoms with Gasteiger partial charge in [0.25, 0.3) is 0 Å². The van der Waals surface area contributed by atoms with Crippen molar-refractivity contribution in [1.29, 1.82) is 0 Å².